The molecule has 1 heterocycles. The molecule has 1 atom stereocenters. The summed E-state index contributed by atoms with van der Waals surface area (Å²) in [5.74, 6) is -0.785. The van der Waals surface area contributed by atoms with Gasteiger partial charge in [0.05, 0.1) is 6.54 Å². The number of fused-ring (bicyclic) bond motifs is 4. The minimum absolute atomic E-state index is 0.136. The molecule has 5 rings (SSSR count). The lowest BCUT2D eigenvalue weighted by molar-refractivity contribution is -0.132. The van der Waals surface area contributed by atoms with Gasteiger partial charge < -0.3 is 0 Å². The number of amides is 2. The molecule has 0 fully saturated rings. The van der Waals surface area contributed by atoms with Crippen molar-refractivity contribution in [3.63, 3.8) is 0 Å². The maximum absolute atomic E-state index is 13.9. The van der Waals surface area contributed by atoms with Crippen LogP contribution in [0.2, 0.25) is 0 Å². The highest BCUT2D eigenvalue weighted by Crippen LogP contribution is 2.45. The normalized spacial score (nSPS) is 20.0. The van der Waals surface area contributed by atoms with Crippen molar-refractivity contribution in [2.45, 2.75) is 12.0 Å². The van der Waals surface area contributed by atoms with Crippen LogP contribution in [0, 0.1) is 0 Å². The molecule has 2 amide bonds. The Hall–Kier alpha value is -3.79. The molecule has 1 unspecified atom stereocenters. The monoisotopic (exact) mass is 379 g/mol. The highest BCUT2D eigenvalue weighted by molar-refractivity contribution is 6.19. The van der Waals surface area contributed by atoms with Gasteiger partial charge >= 0.3 is 0 Å². The summed E-state index contributed by atoms with van der Waals surface area (Å²) in [6.45, 7) is 0.179. The summed E-state index contributed by atoms with van der Waals surface area (Å²) in [5.41, 5.74) is 1.90. The van der Waals surface area contributed by atoms with Gasteiger partial charge in [0.2, 0.25) is 5.91 Å². The lowest BCUT2D eigenvalue weighted by Gasteiger charge is -2.42. The van der Waals surface area contributed by atoms with Crippen molar-refractivity contribution in [2.75, 3.05) is 0 Å². The molecule has 3 aromatic carbocycles. The quantitative estimate of drug-likeness (QED) is 0.635. The van der Waals surface area contributed by atoms with E-state index in [1.54, 1.807) is 30.3 Å². The van der Waals surface area contributed by atoms with Crippen molar-refractivity contribution in [3.8, 4) is 0 Å². The molecular weight excluding hydrogens is 362 g/mol. The predicted molar refractivity (Wildman–Crippen MR) is 108 cm³/mol. The first kappa shape index (κ1) is 17.3. The highest BCUT2D eigenvalue weighted by Gasteiger charge is 2.52. The molecular formula is C25H17NO3. The van der Waals surface area contributed by atoms with E-state index in [-0.39, 0.29) is 24.1 Å². The molecule has 1 spiro atoms. The first-order chi connectivity index (χ1) is 14.1. The van der Waals surface area contributed by atoms with Gasteiger partial charge in [0, 0.05) is 11.1 Å². The fraction of sp³-hybridized carbons (Fsp3) is 0.0800. The van der Waals surface area contributed by atoms with E-state index in [0.717, 1.165) is 5.56 Å². The molecule has 29 heavy (non-hydrogen) atoms. The van der Waals surface area contributed by atoms with Gasteiger partial charge in [-0.2, -0.15) is 0 Å². The van der Waals surface area contributed by atoms with Gasteiger partial charge in [0.1, 0.15) is 5.41 Å². The maximum Gasteiger partial charge on any atom is 0.261 e. The molecule has 0 saturated heterocycles. The van der Waals surface area contributed by atoms with Gasteiger partial charge in [-0.15, -0.1) is 0 Å². The van der Waals surface area contributed by atoms with Gasteiger partial charge in [-0.25, -0.2) is 0 Å². The lowest BCUT2D eigenvalue weighted by atomic mass is 9.65. The SMILES string of the molecule is O=C1C=CC2(C(=O)N(Cc3ccccc3)C(=O)c3ccccc32)c2ccccc21. The van der Waals surface area contributed by atoms with Crippen LogP contribution in [0.5, 0.6) is 0 Å². The Labute approximate surface area is 168 Å². The number of carbonyl (C=O) groups excluding carboxylic acids is 3. The Kier molecular flexibility index (Phi) is 3.81. The van der Waals surface area contributed by atoms with Crippen molar-refractivity contribution in [3.05, 3.63) is 119 Å². The number of nitrogens with zero attached hydrogens (tertiary/aromatic N) is 1. The number of allylic oxidation sites excluding steroid dienone is 1. The maximum atomic E-state index is 13.9. The van der Waals surface area contributed by atoms with Crippen molar-refractivity contribution in [2.24, 2.45) is 0 Å². The Bertz CT molecular complexity index is 1200. The first-order valence-electron chi connectivity index (χ1n) is 9.46. The second-order valence-electron chi connectivity index (χ2n) is 7.28. The Morgan fingerprint density at radius 2 is 1.28 bits per heavy atom. The van der Waals surface area contributed by atoms with E-state index in [9.17, 15) is 14.4 Å². The standard InChI is InChI=1S/C25H17NO3/c27-22-14-15-25(20-12-6-4-10-18(20)22)21-13-7-5-11-19(21)23(28)26(24(25)29)16-17-8-2-1-3-9-17/h1-15H,16H2. The summed E-state index contributed by atoms with van der Waals surface area (Å²) in [5, 5.41) is 0. The van der Waals surface area contributed by atoms with Crippen molar-refractivity contribution in [1.29, 1.82) is 0 Å². The molecule has 0 bridgehead atoms. The summed E-state index contributed by atoms with van der Waals surface area (Å²) in [7, 11) is 0. The second-order valence-corrected chi connectivity index (χ2v) is 7.28. The van der Waals surface area contributed by atoms with Crippen LogP contribution in [0.25, 0.3) is 0 Å². The molecule has 1 aliphatic heterocycles. The summed E-state index contributed by atoms with van der Waals surface area (Å²) >= 11 is 0. The first-order valence-corrected chi connectivity index (χ1v) is 9.46. The fourth-order valence-electron chi connectivity index (χ4n) is 4.33. The van der Waals surface area contributed by atoms with E-state index in [4.69, 9.17) is 0 Å². The number of hydrogen-bond acceptors (Lipinski definition) is 3. The zero-order valence-corrected chi connectivity index (χ0v) is 15.5. The van der Waals surface area contributed by atoms with Crippen LogP contribution in [0.15, 0.2) is 91.0 Å². The van der Waals surface area contributed by atoms with Crippen LogP contribution in [-0.2, 0) is 16.8 Å². The van der Waals surface area contributed by atoms with Crippen LogP contribution >= 0.6 is 0 Å². The van der Waals surface area contributed by atoms with Crippen LogP contribution in [0.4, 0.5) is 0 Å². The van der Waals surface area contributed by atoms with Gasteiger partial charge in [-0.05, 0) is 28.8 Å². The predicted octanol–water partition coefficient (Wildman–Crippen LogP) is 3.91. The number of ketones is 1. The largest absolute Gasteiger partial charge is 0.289 e. The average Bonchev–Trinajstić information content (AvgIpc) is 2.77. The van der Waals surface area contributed by atoms with Crippen molar-refractivity contribution >= 4 is 17.6 Å². The minimum Gasteiger partial charge on any atom is -0.289 e. The Morgan fingerprint density at radius 1 is 0.690 bits per heavy atom. The minimum atomic E-state index is -1.19. The van der Waals surface area contributed by atoms with Crippen LogP contribution in [0.3, 0.4) is 0 Å². The summed E-state index contributed by atoms with van der Waals surface area (Å²) in [4.78, 5) is 40.9. The van der Waals surface area contributed by atoms with E-state index in [1.165, 1.54) is 11.0 Å². The van der Waals surface area contributed by atoms with Crippen LogP contribution in [0.1, 0.15) is 37.4 Å². The molecule has 4 heteroatoms. The highest BCUT2D eigenvalue weighted by atomic mass is 16.2. The molecule has 0 saturated carbocycles. The third kappa shape index (κ3) is 2.42. The van der Waals surface area contributed by atoms with Gasteiger partial charge in [-0.1, -0.05) is 78.9 Å². The Balaban J connectivity index is 1.76. The van der Waals surface area contributed by atoms with Gasteiger partial charge in [0.25, 0.3) is 5.91 Å². The van der Waals surface area contributed by atoms with E-state index in [1.807, 2.05) is 54.6 Å². The number of rotatable bonds is 2. The lowest BCUT2D eigenvalue weighted by Crippen LogP contribution is -2.54. The van der Waals surface area contributed by atoms with E-state index >= 15 is 0 Å². The summed E-state index contributed by atoms with van der Waals surface area (Å²) in [6.07, 6.45) is 3.11. The fourth-order valence-corrected chi connectivity index (χ4v) is 4.33. The van der Waals surface area contributed by atoms with Crippen molar-refractivity contribution < 1.29 is 14.4 Å². The molecule has 4 nitrogen and oxygen atoms in total. The number of carbonyl (C=O) groups is 3. The Morgan fingerprint density at radius 3 is 2.00 bits per heavy atom. The van der Waals surface area contributed by atoms with Gasteiger partial charge in [-0.3, -0.25) is 19.3 Å². The topological polar surface area (TPSA) is 54.5 Å². The zero-order chi connectivity index (χ0) is 20.0. The number of imide groups is 1. The molecule has 1 aliphatic carbocycles. The van der Waals surface area contributed by atoms with E-state index < -0.39 is 5.41 Å². The molecule has 0 radical (unpaired) electrons. The average molecular weight is 379 g/mol. The molecule has 0 aromatic heterocycles. The summed E-state index contributed by atoms with van der Waals surface area (Å²) < 4.78 is 0. The second kappa shape index (κ2) is 6.38. The van der Waals surface area contributed by atoms with Crippen molar-refractivity contribution in [1.82, 2.24) is 4.90 Å². The third-order valence-electron chi connectivity index (χ3n) is 5.70. The molecule has 140 valence electrons. The smallest absolute Gasteiger partial charge is 0.261 e. The molecule has 3 aromatic rings. The molecule has 0 N–H and O–H groups in total. The van der Waals surface area contributed by atoms with Crippen LogP contribution < -0.4 is 0 Å². The number of benzene rings is 3. The van der Waals surface area contributed by atoms with E-state index in [0.29, 0.717) is 22.3 Å². The van der Waals surface area contributed by atoms with Gasteiger partial charge in [0.15, 0.2) is 5.78 Å². The molecule has 2 aliphatic rings. The zero-order valence-electron chi connectivity index (χ0n) is 15.5. The van der Waals surface area contributed by atoms with Crippen LogP contribution in [-0.4, -0.2) is 22.5 Å². The van der Waals surface area contributed by atoms with E-state index in [2.05, 4.69) is 0 Å². The number of hydrogen-bond donors (Lipinski definition) is 0. The third-order valence-corrected chi connectivity index (χ3v) is 5.70. The summed E-state index contributed by atoms with van der Waals surface area (Å²) in [6, 6.07) is 23.8.